The highest BCUT2D eigenvalue weighted by Gasteiger charge is 2.29. The third-order valence-corrected chi connectivity index (χ3v) is 6.59. The summed E-state index contributed by atoms with van der Waals surface area (Å²) >= 11 is 12.8. The fourth-order valence-corrected chi connectivity index (χ4v) is 4.91. The van der Waals surface area contributed by atoms with Gasteiger partial charge in [0.2, 0.25) is 0 Å². The van der Waals surface area contributed by atoms with Crippen molar-refractivity contribution in [3.05, 3.63) is 75.0 Å². The van der Waals surface area contributed by atoms with E-state index in [4.69, 9.17) is 28.2 Å². The molecular formula is C22H21Cl2N3. The van der Waals surface area contributed by atoms with Crippen LogP contribution in [-0.2, 0) is 25.8 Å². The highest BCUT2D eigenvalue weighted by Crippen LogP contribution is 2.33. The van der Waals surface area contributed by atoms with Crippen LogP contribution < -0.4 is 0 Å². The van der Waals surface area contributed by atoms with E-state index in [0.29, 0.717) is 6.04 Å². The van der Waals surface area contributed by atoms with Gasteiger partial charge in [-0.25, -0.2) is 4.98 Å². The number of fused-ring (bicyclic) bond motifs is 2. The minimum atomic E-state index is 0.529. The average Bonchev–Trinajstić information content (AvgIpc) is 3.11. The third-order valence-electron chi connectivity index (χ3n) is 5.91. The normalized spacial score (nSPS) is 19.6. The summed E-state index contributed by atoms with van der Waals surface area (Å²) in [7, 11) is 0. The molecule has 1 aliphatic carbocycles. The van der Waals surface area contributed by atoms with Crippen LogP contribution in [0.4, 0.5) is 0 Å². The number of nitrogens with one attached hydrogen (secondary N) is 1. The van der Waals surface area contributed by atoms with Crippen LogP contribution in [0.25, 0.3) is 11.4 Å². The molecule has 0 amide bonds. The number of halogens is 2. The van der Waals surface area contributed by atoms with E-state index in [1.165, 1.54) is 22.5 Å². The predicted octanol–water partition coefficient (Wildman–Crippen LogP) is 5.30. The van der Waals surface area contributed by atoms with Gasteiger partial charge in [-0.1, -0.05) is 47.5 Å². The molecule has 1 aromatic heterocycles. The molecule has 0 saturated carbocycles. The van der Waals surface area contributed by atoms with E-state index in [9.17, 15) is 0 Å². The van der Waals surface area contributed by atoms with Crippen molar-refractivity contribution in [2.45, 2.75) is 38.3 Å². The lowest BCUT2D eigenvalue weighted by molar-refractivity contribution is 0.162. The zero-order valence-electron chi connectivity index (χ0n) is 15.0. The first-order chi connectivity index (χ1) is 13.2. The van der Waals surface area contributed by atoms with Crippen LogP contribution in [0.1, 0.15) is 28.9 Å². The van der Waals surface area contributed by atoms with Gasteiger partial charge in [-0.3, -0.25) is 4.90 Å². The molecule has 1 N–H and O–H groups in total. The number of aromatic amines is 1. The predicted molar refractivity (Wildman–Crippen MR) is 110 cm³/mol. The zero-order chi connectivity index (χ0) is 18.4. The van der Waals surface area contributed by atoms with E-state index in [-0.39, 0.29) is 0 Å². The first-order valence-electron chi connectivity index (χ1n) is 9.52. The molecule has 0 spiro atoms. The van der Waals surface area contributed by atoms with Crippen molar-refractivity contribution in [3.8, 4) is 11.4 Å². The Morgan fingerprint density at radius 1 is 1.00 bits per heavy atom. The molecular weight excluding hydrogens is 377 g/mol. The molecule has 3 aromatic rings. The summed E-state index contributed by atoms with van der Waals surface area (Å²) in [6.45, 7) is 2.04. The molecule has 0 fully saturated rings. The van der Waals surface area contributed by atoms with Crippen LogP contribution in [0.15, 0.2) is 42.5 Å². The molecule has 138 valence electrons. The first kappa shape index (κ1) is 17.3. The highest BCUT2D eigenvalue weighted by atomic mass is 35.5. The summed E-state index contributed by atoms with van der Waals surface area (Å²) < 4.78 is 0. The van der Waals surface area contributed by atoms with Crippen molar-refractivity contribution in [3.63, 3.8) is 0 Å². The van der Waals surface area contributed by atoms with Gasteiger partial charge >= 0.3 is 0 Å². The number of benzene rings is 2. The van der Waals surface area contributed by atoms with E-state index in [1.807, 2.05) is 30.3 Å². The third kappa shape index (κ3) is 3.18. The number of H-pyrrole nitrogens is 1. The van der Waals surface area contributed by atoms with E-state index in [0.717, 1.165) is 60.2 Å². The molecule has 27 heavy (non-hydrogen) atoms. The van der Waals surface area contributed by atoms with Crippen molar-refractivity contribution in [1.82, 2.24) is 14.9 Å². The Bertz CT molecular complexity index is 995. The Labute approximate surface area is 169 Å². The fraction of sp³-hybridized carbons (Fsp3) is 0.318. The number of aryl methyl sites for hydroxylation is 1. The minimum absolute atomic E-state index is 0.529. The smallest absolute Gasteiger partial charge is 0.139 e. The van der Waals surface area contributed by atoms with Gasteiger partial charge in [0.1, 0.15) is 5.82 Å². The van der Waals surface area contributed by atoms with E-state index in [1.54, 1.807) is 0 Å². The molecule has 5 rings (SSSR count). The van der Waals surface area contributed by atoms with Crippen LogP contribution in [-0.4, -0.2) is 27.5 Å². The monoisotopic (exact) mass is 397 g/mol. The SMILES string of the molecule is Clc1ccccc1-c1nc2c([nH]1)C[C@H](N1CCc3cccc(Cl)c3C1)CC2. The van der Waals surface area contributed by atoms with Crippen LogP contribution in [0.2, 0.25) is 10.0 Å². The van der Waals surface area contributed by atoms with Crippen LogP contribution in [0, 0.1) is 0 Å². The Morgan fingerprint density at radius 2 is 1.85 bits per heavy atom. The molecule has 3 nitrogen and oxygen atoms in total. The largest absolute Gasteiger partial charge is 0.342 e. The highest BCUT2D eigenvalue weighted by molar-refractivity contribution is 6.33. The topological polar surface area (TPSA) is 31.9 Å². The molecule has 2 heterocycles. The second kappa shape index (κ2) is 6.97. The number of imidazole rings is 1. The lowest BCUT2D eigenvalue weighted by Crippen LogP contribution is -2.42. The van der Waals surface area contributed by atoms with Gasteiger partial charge in [-0.15, -0.1) is 0 Å². The standard InChI is InChI=1S/C22H21Cl2N3/c23-18-6-2-1-5-16(18)22-25-20-9-8-15(12-21(20)26-22)27-11-10-14-4-3-7-19(24)17(14)13-27/h1-7,15H,8-13H2,(H,25,26)/t15-/m1/s1. The summed E-state index contributed by atoms with van der Waals surface area (Å²) in [6, 6.07) is 14.7. The molecule has 5 heteroatoms. The van der Waals surface area contributed by atoms with E-state index >= 15 is 0 Å². The van der Waals surface area contributed by atoms with Crippen LogP contribution in [0.3, 0.4) is 0 Å². The maximum atomic E-state index is 6.46. The minimum Gasteiger partial charge on any atom is -0.342 e. The summed E-state index contributed by atoms with van der Waals surface area (Å²) in [5.41, 5.74) is 6.13. The number of aromatic nitrogens is 2. The summed E-state index contributed by atoms with van der Waals surface area (Å²) in [6.07, 6.45) is 4.23. The molecule has 0 bridgehead atoms. The molecule has 0 unspecified atom stereocenters. The number of hydrogen-bond acceptors (Lipinski definition) is 2. The Hall–Kier alpha value is -1.81. The number of hydrogen-bond donors (Lipinski definition) is 1. The summed E-state index contributed by atoms with van der Waals surface area (Å²) in [4.78, 5) is 11.0. The number of nitrogens with zero attached hydrogens (tertiary/aromatic N) is 2. The Kier molecular flexibility index (Phi) is 4.47. The van der Waals surface area contributed by atoms with Crippen molar-refractivity contribution < 1.29 is 0 Å². The maximum absolute atomic E-state index is 6.46. The quantitative estimate of drug-likeness (QED) is 0.635. The fourth-order valence-electron chi connectivity index (χ4n) is 4.43. The van der Waals surface area contributed by atoms with Gasteiger partial charge in [-0.2, -0.15) is 0 Å². The first-order valence-corrected chi connectivity index (χ1v) is 10.3. The van der Waals surface area contributed by atoms with Gasteiger partial charge in [-0.05, 0) is 48.6 Å². The maximum Gasteiger partial charge on any atom is 0.139 e. The lowest BCUT2D eigenvalue weighted by Gasteiger charge is -2.37. The van der Waals surface area contributed by atoms with Gasteiger partial charge in [0, 0.05) is 41.8 Å². The number of rotatable bonds is 2. The molecule has 1 aliphatic heterocycles. The van der Waals surface area contributed by atoms with Crippen LogP contribution >= 0.6 is 23.2 Å². The van der Waals surface area contributed by atoms with Gasteiger partial charge in [0.15, 0.2) is 0 Å². The molecule has 2 aliphatic rings. The van der Waals surface area contributed by atoms with Crippen molar-refractivity contribution >= 4 is 23.2 Å². The van der Waals surface area contributed by atoms with Gasteiger partial charge < -0.3 is 4.98 Å². The Balaban J connectivity index is 1.38. The second-order valence-corrected chi connectivity index (χ2v) is 8.30. The molecule has 0 saturated heterocycles. The van der Waals surface area contributed by atoms with Crippen molar-refractivity contribution in [1.29, 1.82) is 0 Å². The van der Waals surface area contributed by atoms with Crippen LogP contribution in [0.5, 0.6) is 0 Å². The average molecular weight is 398 g/mol. The van der Waals surface area contributed by atoms with Gasteiger partial charge in [0.25, 0.3) is 0 Å². The van der Waals surface area contributed by atoms with E-state index < -0.39 is 0 Å². The van der Waals surface area contributed by atoms with Crippen molar-refractivity contribution in [2.75, 3.05) is 6.54 Å². The lowest BCUT2D eigenvalue weighted by atomic mass is 9.91. The van der Waals surface area contributed by atoms with Gasteiger partial charge in [0.05, 0.1) is 10.7 Å². The zero-order valence-corrected chi connectivity index (χ0v) is 16.5. The molecule has 1 atom stereocenters. The summed E-state index contributed by atoms with van der Waals surface area (Å²) in [5, 5.41) is 1.64. The molecule has 2 aromatic carbocycles. The Morgan fingerprint density at radius 3 is 2.74 bits per heavy atom. The van der Waals surface area contributed by atoms with Crippen molar-refractivity contribution in [2.24, 2.45) is 0 Å². The summed E-state index contributed by atoms with van der Waals surface area (Å²) in [5.74, 6) is 0.887. The second-order valence-electron chi connectivity index (χ2n) is 7.49. The van der Waals surface area contributed by atoms with E-state index in [2.05, 4.69) is 22.0 Å². The molecule has 0 radical (unpaired) electrons.